The molecule has 2 saturated heterocycles. The van der Waals surface area contributed by atoms with Gasteiger partial charge in [0, 0.05) is 56.6 Å². The minimum Gasteiger partial charge on any atom is -0.381 e. The number of carbonyl (C=O) groups is 1. The van der Waals surface area contributed by atoms with E-state index in [1.165, 1.54) is 6.07 Å². The molecule has 2 aliphatic rings. The molecule has 2 amide bonds. The Morgan fingerprint density at radius 3 is 3.00 bits per heavy atom. The van der Waals surface area contributed by atoms with E-state index in [4.69, 9.17) is 4.74 Å². The van der Waals surface area contributed by atoms with Gasteiger partial charge in [-0.25, -0.2) is 14.2 Å². The third-order valence-corrected chi connectivity index (χ3v) is 6.08. The van der Waals surface area contributed by atoms with Gasteiger partial charge < -0.3 is 19.9 Å². The number of likely N-dealkylation sites (tertiary alicyclic amines) is 1. The number of rotatable bonds is 4. The first-order valence-corrected chi connectivity index (χ1v) is 10.0. The largest absolute Gasteiger partial charge is 0.381 e. The fourth-order valence-corrected chi connectivity index (χ4v) is 4.39. The maximum atomic E-state index is 13.8. The van der Waals surface area contributed by atoms with Crippen LogP contribution in [0.4, 0.5) is 9.18 Å². The van der Waals surface area contributed by atoms with Crippen LogP contribution in [0.2, 0.25) is 0 Å². The number of imidazole rings is 1. The number of carbonyl (C=O) groups excluding carboxylic acids is 1. The maximum absolute atomic E-state index is 13.8. The van der Waals surface area contributed by atoms with Crippen LogP contribution in [0.25, 0.3) is 0 Å². The summed E-state index contributed by atoms with van der Waals surface area (Å²) in [5.74, 6) is 0.944. The lowest BCUT2D eigenvalue weighted by Gasteiger charge is -2.39. The molecule has 1 aromatic heterocycles. The number of nitrogens with one attached hydrogen (secondary N) is 2. The van der Waals surface area contributed by atoms with Gasteiger partial charge in [-0.3, -0.25) is 0 Å². The molecule has 0 radical (unpaired) electrons. The summed E-state index contributed by atoms with van der Waals surface area (Å²) in [6, 6.07) is 6.68. The van der Waals surface area contributed by atoms with E-state index in [-0.39, 0.29) is 23.2 Å². The Labute approximate surface area is 164 Å². The monoisotopic (exact) mass is 386 g/mol. The van der Waals surface area contributed by atoms with Crippen LogP contribution in [0.15, 0.2) is 36.7 Å². The first-order chi connectivity index (χ1) is 13.7. The standard InChI is InChI=1S/C21H27FN4O2/c22-18-5-1-4-17(13-18)21(6-11-28-12-7-21)15-25-20(27)26-10-2-3-16(14-26)19-23-8-9-24-19/h1,4-5,8-9,13,16H,2-3,6-7,10-12,14-15H2,(H,23,24)(H,25,27). The van der Waals surface area contributed by atoms with E-state index in [1.54, 1.807) is 18.3 Å². The normalized spacial score (nSPS) is 22.0. The molecular formula is C21H27FN4O2. The molecule has 0 aliphatic carbocycles. The summed E-state index contributed by atoms with van der Waals surface area (Å²) >= 11 is 0. The van der Waals surface area contributed by atoms with Crippen LogP contribution < -0.4 is 5.32 Å². The average molecular weight is 386 g/mol. The number of halogens is 1. The van der Waals surface area contributed by atoms with Gasteiger partial charge in [-0.05, 0) is 43.4 Å². The van der Waals surface area contributed by atoms with E-state index in [0.717, 1.165) is 43.6 Å². The summed E-state index contributed by atoms with van der Waals surface area (Å²) in [5, 5.41) is 3.13. The van der Waals surface area contributed by atoms with Gasteiger partial charge in [-0.2, -0.15) is 0 Å². The average Bonchev–Trinajstić information content (AvgIpc) is 3.28. The van der Waals surface area contributed by atoms with Crippen molar-refractivity contribution in [2.24, 2.45) is 0 Å². The lowest BCUT2D eigenvalue weighted by atomic mass is 9.74. The second-order valence-electron chi connectivity index (χ2n) is 7.82. The van der Waals surface area contributed by atoms with Gasteiger partial charge in [0.25, 0.3) is 0 Å². The predicted molar refractivity (Wildman–Crippen MR) is 104 cm³/mol. The van der Waals surface area contributed by atoms with Crippen LogP contribution in [0.1, 0.15) is 43.0 Å². The van der Waals surface area contributed by atoms with Crippen molar-refractivity contribution in [3.05, 3.63) is 53.9 Å². The summed E-state index contributed by atoms with van der Waals surface area (Å²) in [7, 11) is 0. The Balaban J connectivity index is 1.43. The Morgan fingerprint density at radius 1 is 1.39 bits per heavy atom. The third kappa shape index (κ3) is 4.04. The Kier molecular flexibility index (Phi) is 5.62. The molecule has 1 unspecified atom stereocenters. The lowest BCUT2D eigenvalue weighted by Crippen LogP contribution is -2.50. The second-order valence-corrected chi connectivity index (χ2v) is 7.82. The molecule has 0 bridgehead atoms. The smallest absolute Gasteiger partial charge is 0.317 e. The minimum absolute atomic E-state index is 0.0569. The number of amides is 2. The van der Waals surface area contributed by atoms with Gasteiger partial charge in [0.1, 0.15) is 11.6 Å². The molecule has 2 aliphatic heterocycles. The predicted octanol–water partition coefficient (Wildman–Crippen LogP) is 3.19. The molecule has 0 saturated carbocycles. The highest BCUT2D eigenvalue weighted by Crippen LogP contribution is 2.35. The highest BCUT2D eigenvalue weighted by atomic mass is 19.1. The van der Waals surface area contributed by atoms with Crippen LogP contribution in [0.3, 0.4) is 0 Å². The number of piperidine rings is 1. The van der Waals surface area contributed by atoms with Crippen molar-refractivity contribution in [2.75, 3.05) is 32.8 Å². The SMILES string of the molecule is O=C(NCC1(c2cccc(F)c2)CCOCC1)N1CCCC(c2ncc[nH]2)C1. The van der Waals surface area contributed by atoms with E-state index < -0.39 is 0 Å². The first kappa shape index (κ1) is 18.9. The molecule has 1 aromatic carbocycles. The van der Waals surface area contributed by atoms with Crippen LogP contribution in [-0.2, 0) is 10.2 Å². The summed E-state index contributed by atoms with van der Waals surface area (Å²) in [4.78, 5) is 22.3. The van der Waals surface area contributed by atoms with E-state index in [2.05, 4.69) is 15.3 Å². The zero-order valence-corrected chi connectivity index (χ0v) is 16.0. The summed E-state index contributed by atoms with van der Waals surface area (Å²) in [6.07, 6.45) is 7.10. The molecule has 2 N–H and O–H groups in total. The fraction of sp³-hybridized carbons (Fsp3) is 0.524. The van der Waals surface area contributed by atoms with E-state index in [9.17, 15) is 9.18 Å². The molecule has 7 heteroatoms. The summed E-state index contributed by atoms with van der Waals surface area (Å²) < 4.78 is 19.4. The van der Waals surface area contributed by atoms with Crippen molar-refractivity contribution in [1.29, 1.82) is 0 Å². The molecule has 2 aromatic rings. The van der Waals surface area contributed by atoms with Crippen molar-refractivity contribution < 1.29 is 13.9 Å². The molecule has 150 valence electrons. The van der Waals surface area contributed by atoms with Crippen LogP contribution in [0, 0.1) is 5.82 Å². The van der Waals surface area contributed by atoms with E-state index >= 15 is 0 Å². The van der Waals surface area contributed by atoms with Gasteiger partial charge in [-0.15, -0.1) is 0 Å². The number of urea groups is 1. The number of nitrogens with zero attached hydrogens (tertiary/aromatic N) is 2. The number of aromatic nitrogens is 2. The molecule has 3 heterocycles. The molecule has 2 fully saturated rings. The van der Waals surface area contributed by atoms with Crippen molar-refractivity contribution in [2.45, 2.75) is 37.0 Å². The highest BCUT2D eigenvalue weighted by molar-refractivity contribution is 5.74. The van der Waals surface area contributed by atoms with Crippen molar-refractivity contribution >= 4 is 6.03 Å². The zero-order valence-electron chi connectivity index (χ0n) is 16.0. The quantitative estimate of drug-likeness (QED) is 0.848. The van der Waals surface area contributed by atoms with E-state index in [0.29, 0.717) is 26.3 Å². The Bertz CT molecular complexity index is 789. The number of hydrogen-bond acceptors (Lipinski definition) is 3. The van der Waals surface area contributed by atoms with Gasteiger partial charge in [0.2, 0.25) is 0 Å². The van der Waals surface area contributed by atoms with Crippen molar-refractivity contribution in [3.8, 4) is 0 Å². The number of benzene rings is 1. The van der Waals surface area contributed by atoms with Crippen molar-refractivity contribution in [3.63, 3.8) is 0 Å². The maximum Gasteiger partial charge on any atom is 0.317 e. The molecule has 28 heavy (non-hydrogen) atoms. The lowest BCUT2D eigenvalue weighted by molar-refractivity contribution is 0.0498. The Hall–Kier alpha value is -2.41. The molecule has 0 spiro atoms. The number of aromatic amines is 1. The van der Waals surface area contributed by atoms with Crippen molar-refractivity contribution in [1.82, 2.24) is 20.2 Å². The van der Waals surface area contributed by atoms with E-state index in [1.807, 2.05) is 17.2 Å². The van der Waals surface area contributed by atoms with Gasteiger partial charge in [0.05, 0.1) is 0 Å². The van der Waals surface area contributed by atoms with Gasteiger partial charge in [0.15, 0.2) is 0 Å². The first-order valence-electron chi connectivity index (χ1n) is 10.0. The summed E-state index contributed by atoms with van der Waals surface area (Å²) in [6.45, 7) is 3.14. The number of H-pyrrole nitrogens is 1. The Morgan fingerprint density at radius 2 is 2.25 bits per heavy atom. The topological polar surface area (TPSA) is 70.2 Å². The third-order valence-electron chi connectivity index (χ3n) is 6.08. The van der Waals surface area contributed by atoms with Gasteiger partial charge >= 0.3 is 6.03 Å². The van der Waals surface area contributed by atoms with Crippen LogP contribution >= 0.6 is 0 Å². The number of hydrogen-bond donors (Lipinski definition) is 2. The summed E-state index contributed by atoms with van der Waals surface area (Å²) in [5.41, 5.74) is 0.648. The molecule has 6 nitrogen and oxygen atoms in total. The highest BCUT2D eigenvalue weighted by Gasteiger charge is 2.36. The fourth-order valence-electron chi connectivity index (χ4n) is 4.39. The molecule has 1 atom stereocenters. The van der Waals surface area contributed by atoms with Crippen LogP contribution in [-0.4, -0.2) is 53.7 Å². The second kappa shape index (κ2) is 8.31. The van der Waals surface area contributed by atoms with Crippen LogP contribution in [0.5, 0.6) is 0 Å². The number of ether oxygens (including phenoxy) is 1. The minimum atomic E-state index is -0.286. The molecule has 4 rings (SSSR count). The van der Waals surface area contributed by atoms with Gasteiger partial charge in [-0.1, -0.05) is 12.1 Å². The molecular weight excluding hydrogens is 359 g/mol. The zero-order chi connectivity index (χ0) is 19.4.